The van der Waals surface area contributed by atoms with Crippen molar-refractivity contribution in [1.29, 1.82) is 0 Å². The first-order valence-corrected chi connectivity index (χ1v) is 15.8. The molecule has 40 heavy (non-hydrogen) atoms. The van der Waals surface area contributed by atoms with E-state index in [2.05, 4.69) is 17.4 Å². The number of aliphatic carboxylic acids is 1. The maximum absolute atomic E-state index is 14.0. The van der Waals surface area contributed by atoms with E-state index in [4.69, 9.17) is 0 Å². The Bertz CT molecular complexity index is 1350. The number of fused-ring (bicyclic) bond motifs is 2. The van der Waals surface area contributed by atoms with E-state index in [1.54, 1.807) is 12.1 Å². The fraction of sp³-hybridized carbons (Fsp3) is 0.500. The molecule has 2 aromatic rings. The van der Waals surface area contributed by atoms with Crippen molar-refractivity contribution in [3.8, 4) is 0 Å². The Morgan fingerprint density at radius 3 is 2.45 bits per heavy atom. The van der Waals surface area contributed by atoms with Crippen LogP contribution in [0.5, 0.6) is 0 Å². The number of carboxylic acids is 1. The third kappa shape index (κ3) is 5.73. The van der Waals surface area contributed by atoms with Crippen LogP contribution in [-0.2, 0) is 44.6 Å². The lowest BCUT2D eigenvalue weighted by Gasteiger charge is -2.38. The van der Waals surface area contributed by atoms with E-state index in [-0.39, 0.29) is 12.8 Å². The molecule has 5 rings (SSSR count). The quantitative estimate of drug-likeness (QED) is 0.337. The van der Waals surface area contributed by atoms with E-state index in [0.717, 1.165) is 30.4 Å². The monoisotopic (exact) mass is 568 g/mol. The van der Waals surface area contributed by atoms with Crippen molar-refractivity contribution in [1.82, 2.24) is 5.32 Å². The maximum Gasteiger partial charge on any atom is 0.329 e. The number of rotatable bonds is 9. The molecule has 1 saturated carbocycles. The number of anilines is 1. The van der Waals surface area contributed by atoms with E-state index >= 15 is 0 Å². The topological polar surface area (TPSA) is 144 Å². The zero-order valence-electron chi connectivity index (χ0n) is 22.6. The molecule has 2 aliphatic carbocycles. The number of carbonyl (C=O) groups excluding carboxylic acids is 2. The van der Waals surface area contributed by atoms with Crippen molar-refractivity contribution in [2.75, 3.05) is 11.4 Å². The van der Waals surface area contributed by atoms with Gasteiger partial charge in [0.15, 0.2) is 0 Å². The molecule has 1 unspecified atom stereocenters. The highest BCUT2D eigenvalue weighted by molar-refractivity contribution is 7.52. The third-order valence-corrected chi connectivity index (χ3v) is 10.6. The zero-order valence-corrected chi connectivity index (χ0v) is 23.4. The molecule has 0 aromatic heterocycles. The van der Waals surface area contributed by atoms with E-state index in [1.165, 1.54) is 16.0 Å². The Kier molecular flexibility index (Phi) is 8.18. The summed E-state index contributed by atoms with van der Waals surface area (Å²) < 4.78 is 12.9. The first-order chi connectivity index (χ1) is 19.1. The lowest BCUT2D eigenvalue weighted by Crippen LogP contribution is -2.55. The molecular formula is C30H37N2O7P. The standard InChI is InChI=1S/C30H37N2O7P/c33-27(34)19-32-25-9-2-1-6-22(25)13-14-24(28(32)35)31-29(36)30(16-3-4-17-30)26(40(37,38)39)15-11-20-10-12-21-7-5-8-23(21)18-20/h1-2,6,9-10,12,18,24,26H,3-5,7-8,11,13-17,19H2,(H,31,36)(H,33,34)(H2,37,38,39)/t24-,26?/m0/s1. The molecule has 0 saturated heterocycles. The van der Waals surface area contributed by atoms with Gasteiger partial charge in [0.05, 0.1) is 11.1 Å². The van der Waals surface area contributed by atoms with Crippen LogP contribution >= 0.6 is 7.60 Å². The molecule has 2 amide bonds. The average molecular weight is 569 g/mol. The summed E-state index contributed by atoms with van der Waals surface area (Å²) >= 11 is 0. The molecule has 9 nitrogen and oxygen atoms in total. The molecule has 3 aliphatic rings. The van der Waals surface area contributed by atoms with Crippen LogP contribution in [-0.4, -0.2) is 50.9 Å². The number of para-hydroxylation sites is 1. The van der Waals surface area contributed by atoms with Gasteiger partial charge < -0.3 is 20.2 Å². The van der Waals surface area contributed by atoms with Crippen LogP contribution in [0.25, 0.3) is 0 Å². The normalized spacial score (nSPS) is 20.9. The molecule has 0 radical (unpaired) electrons. The lowest BCUT2D eigenvalue weighted by molar-refractivity contribution is -0.137. The second-order valence-electron chi connectivity index (χ2n) is 11.5. The number of amides is 2. The van der Waals surface area contributed by atoms with E-state index in [0.29, 0.717) is 44.2 Å². The first kappa shape index (κ1) is 28.5. The molecule has 2 aromatic carbocycles. The van der Waals surface area contributed by atoms with Crippen molar-refractivity contribution < 1.29 is 33.8 Å². The lowest BCUT2D eigenvalue weighted by atomic mass is 9.78. The number of hydrogen-bond donors (Lipinski definition) is 4. The fourth-order valence-electron chi connectivity index (χ4n) is 7.02. The van der Waals surface area contributed by atoms with Crippen LogP contribution in [0.1, 0.15) is 67.2 Å². The van der Waals surface area contributed by atoms with Crippen LogP contribution in [0, 0.1) is 5.41 Å². The smallest absolute Gasteiger partial charge is 0.329 e. The zero-order chi connectivity index (χ0) is 28.5. The van der Waals surface area contributed by atoms with Crippen LogP contribution in [0.3, 0.4) is 0 Å². The van der Waals surface area contributed by atoms with Crippen LogP contribution in [0.4, 0.5) is 5.69 Å². The van der Waals surface area contributed by atoms with Crippen LogP contribution in [0.15, 0.2) is 42.5 Å². The Balaban J connectivity index is 1.39. The summed E-state index contributed by atoms with van der Waals surface area (Å²) in [5.41, 5.74) is 2.47. The SMILES string of the molecule is O=C(O)CN1C(=O)[C@@H](NC(=O)C2(C(CCc3ccc4c(c3)CCC4)P(=O)(O)O)CCCC2)CCc2ccccc21. The Morgan fingerprint density at radius 1 is 1.00 bits per heavy atom. The van der Waals surface area contributed by atoms with Gasteiger partial charge in [0.25, 0.3) is 0 Å². The predicted octanol–water partition coefficient (Wildman–Crippen LogP) is 3.76. The minimum absolute atomic E-state index is 0.158. The number of nitrogens with zero attached hydrogens (tertiary/aromatic N) is 1. The highest BCUT2D eigenvalue weighted by atomic mass is 31.2. The molecule has 1 fully saturated rings. The number of carbonyl (C=O) groups is 3. The minimum Gasteiger partial charge on any atom is -0.480 e. The van der Waals surface area contributed by atoms with E-state index < -0.39 is 49.0 Å². The number of nitrogens with one attached hydrogen (secondary N) is 1. The van der Waals surface area contributed by atoms with Gasteiger partial charge in [-0.3, -0.25) is 23.8 Å². The summed E-state index contributed by atoms with van der Waals surface area (Å²) in [7, 11) is -4.69. The molecule has 0 spiro atoms. The summed E-state index contributed by atoms with van der Waals surface area (Å²) in [5, 5.41) is 12.3. The minimum atomic E-state index is -4.69. The summed E-state index contributed by atoms with van der Waals surface area (Å²) in [5.74, 6) is -2.22. The molecule has 10 heteroatoms. The molecule has 1 heterocycles. The van der Waals surface area contributed by atoms with Crippen LogP contribution < -0.4 is 10.2 Å². The van der Waals surface area contributed by atoms with E-state index in [9.17, 15) is 33.8 Å². The second kappa shape index (κ2) is 11.5. The van der Waals surface area contributed by atoms with Gasteiger partial charge in [0.2, 0.25) is 11.8 Å². The van der Waals surface area contributed by atoms with Crippen molar-refractivity contribution in [3.05, 3.63) is 64.7 Å². The number of benzene rings is 2. The molecule has 0 bridgehead atoms. The molecule has 4 N–H and O–H groups in total. The maximum atomic E-state index is 14.0. The summed E-state index contributed by atoms with van der Waals surface area (Å²) in [6, 6.07) is 12.3. The summed E-state index contributed by atoms with van der Waals surface area (Å²) in [6.45, 7) is -0.542. The largest absolute Gasteiger partial charge is 0.480 e. The highest BCUT2D eigenvalue weighted by Gasteiger charge is 2.54. The van der Waals surface area contributed by atoms with Gasteiger partial charge in [-0.25, -0.2) is 0 Å². The number of aryl methyl sites for hydroxylation is 4. The summed E-state index contributed by atoms with van der Waals surface area (Å²) in [6.07, 6.45) is 6.50. The van der Waals surface area contributed by atoms with Gasteiger partial charge in [0.1, 0.15) is 12.6 Å². The van der Waals surface area contributed by atoms with Gasteiger partial charge in [-0.2, -0.15) is 0 Å². The molecular weight excluding hydrogens is 531 g/mol. The van der Waals surface area contributed by atoms with Crippen molar-refractivity contribution in [2.24, 2.45) is 5.41 Å². The van der Waals surface area contributed by atoms with Crippen molar-refractivity contribution >= 4 is 31.1 Å². The summed E-state index contributed by atoms with van der Waals surface area (Å²) in [4.78, 5) is 61.4. The van der Waals surface area contributed by atoms with Gasteiger partial charge in [-0.15, -0.1) is 0 Å². The average Bonchev–Trinajstić information content (AvgIpc) is 3.57. The van der Waals surface area contributed by atoms with Gasteiger partial charge in [-0.1, -0.05) is 49.2 Å². The Labute approximate surface area is 234 Å². The predicted molar refractivity (Wildman–Crippen MR) is 150 cm³/mol. The van der Waals surface area contributed by atoms with Crippen molar-refractivity contribution in [3.63, 3.8) is 0 Å². The molecule has 1 aliphatic heterocycles. The van der Waals surface area contributed by atoms with Gasteiger partial charge in [0, 0.05) is 5.69 Å². The Hall–Kier alpha value is -3.00. The molecule has 2 atom stereocenters. The van der Waals surface area contributed by atoms with Crippen molar-refractivity contribution in [2.45, 2.75) is 82.3 Å². The molecule has 214 valence electrons. The van der Waals surface area contributed by atoms with Gasteiger partial charge in [-0.05, 0) is 86.1 Å². The first-order valence-electron chi connectivity index (χ1n) is 14.2. The number of hydrogen-bond acceptors (Lipinski definition) is 4. The highest BCUT2D eigenvalue weighted by Crippen LogP contribution is 2.58. The van der Waals surface area contributed by atoms with E-state index in [1.807, 2.05) is 18.2 Å². The number of carboxylic acid groups (broad SMARTS) is 1. The second-order valence-corrected chi connectivity index (χ2v) is 13.3. The van der Waals surface area contributed by atoms with Crippen LogP contribution in [0.2, 0.25) is 0 Å². The Morgan fingerprint density at radius 2 is 1.73 bits per heavy atom. The fourth-order valence-corrected chi connectivity index (χ4v) is 8.50. The van der Waals surface area contributed by atoms with Gasteiger partial charge >= 0.3 is 13.6 Å². The third-order valence-electron chi connectivity index (χ3n) is 9.01.